The average molecular weight is 354 g/mol. The van der Waals surface area contributed by atoms with Gasteiger partial charge in [0.05, 0.1) is 5.60 Å². The van der Waals surface area contributed by atoms with Crippen molar-refractivity contribution in [3.8, 4) is 0 Å². The molecule has 0 bridgehead atoms. The number of alkyl halides is 7. The lowest BCUT2D eigenvalue weighted by atomic mass is 9.89. The number of unbranched alkanes of at least 4 members (excludes halogenated alkanes) is 6. The van der Waals surface area contributed by atoms with Crippen LogP contribution in [0, 0.1) is 0 Å². The molecule has 1 N–H and O–H groups in total. The Kier molecular flexibility index (Phi) is 8.34. The first-order chi connectivity index (χ1) is 10.3. The molecule has 0 rings (SSSR count). The SMILES string of the molecule is CCCCCCCCCC(C)(O)CC(F)(F)C(F)(F)C(F)(F)F. The highest BCUT2D eigenvalue weighted by atomic mass is 19.4. The van der Waals surface area contributed by atoms with Crippen molar-refractivity contribution in [3.05, 3.63) is 0 Å². The van der Waals surface area contributed by atoms with Gasteiger partial charge < -0.3 is 5.11 Å². The van der Waals surface area contributed by atoms with Gasteiger partial charge in [-0.25, -0.2) is 0 Å². The molecule has 0 radical (unpaired) electrons. The van der Waals surface area contributed by atoms with Gasteiger partial charge in [0.15, 0.2) is 0 Å². The van der Waals surface area contributed by atoms with Gasteiger partial charge in [-0.2, -0.15) is 30.7 Å². The van der Waals surface area contributed by atoms with Crippen molar-refractivity contribution in [2.24, 2.45) is 0 Å². The van der Waals surface area contributed by atoms with E-state index in [-0.39, 0.29) is 6.42 Å². The molecule has 140 valence electrons. The standard InChI is InChI=1S/C15H25F7O/c1-3-4-5-6-7-8-9-10-12(2,23)11-13(16,17)14(18,19)15(20,21)22/h23H,3-11H2,1-2H3. The predicted molar refractivity (Wildman–Crippen MR) is 73.8 cm³/mol. The molecule has 0 aromatic heterocycles. The fraction of sp³-hybridized carbons (Fsp3) is 1.00. The van der Waals surface area contributed by atoms with E-state index in [9.17, 15) is 35.8 Å². The number of aliphatic hydroxyl groups is 1. The van der Waals surface area contributed by atoms with Gasteiger partial charge in [0, 0.05) is 6.42 Å². The molecule has 8 heteroatoms. The van der Waals surface area contributed by atoms with Crippen LogP contribution in [-0.2, 0) is 0 Å². The van der Waals surface area contributed by atoms with Crippen molar-refractivity contribution in [1.29, 1.82) is 0 Å². The van der Waals surface area contributed by atoms with Gasteiger partial charge in [0.2, 0.25) is 0 Å². The Morgan fingerprint density at radius 3 is 1.61 bits per heavy atom. The van der Waals surface area contributed by atoms with E-state index < -0.39 is 30.0 Å². The summed E-state index contributed by atoms with van der Waals surface area (Å²) < 4.78 is 88.3. The van der Waals surface area contributed by atoms with Gasteiger partial charge in [-0.1, -0.05) is 51.9 Å². The second-order valence-corrected chi connectivity index (χ2v) is 6.32. The van der Waals surface area contributed by atoms with Crippen molar-refractivity contribution >= 4 is 0 Å². The van der Waals surface area contributed by atoms with Gasteiger partial charge in [0.25, 0.3) is 0 Å². The smallest absolute Gasteiger partial charge is 0.390 e. The van der Waals surface area contributed by atoms with Crippen LogP contribution in [0.1, 0.15) is 71.6 Å². The Morgan fingerprint density at radius 2 is 1.17 bits per heavy atom. The van der Waals surface area contributed by atoms with Crippen LogP contribution in [0.25, 0.3) is 0 Å². The fourth-order valence-electron chi connectivity index (χ4n) is 2.35. The van der Waals surface area contributed by atoms with Gasteiger partial charge >= 0.3 is 18.0 Å². The summed E-state index contributed by atoms with van der Waals surface area (Å²) >= 11 is 0. The lowest BCUT2D eigenvalue weighted by Crippen LogP contribution is -2.54. The van der Waals surface area contributed by atoms with Crippen LogP contribution in [-0.4, -0.2) is 28.7 Å². The average Bonchev–Trinajstić information content (AvgIpc) is 2.34. The maximum Gasteiger partial charge on any atom is 0.459 e. The van der Waals surface area contributed by atoms with Crippen LogP contribution in [0.2, 0.25) is 0 Å². The second-order valence-electron chi connectivity index (χ2n) is 6.32. The largest absolute Gasteiger partial charge is 0.459 e. The summed E-state index contributed by atoms with van der Waals surface area (Å²) in [4.78, 5) is 0. The monoisotopic (exact) mass is 354 g/mol. The quantitative estimate of drug-likeness (QED) is 0.351. The van der Waals surface area contributed by atoms with Gasteiger partial charge in [0.1, 0.15) is 0 Å². The molecular formula is C15H25F7O. The lowest BCUT2D eigenvalue weighted by Gasteiger charge is -2.33. The maximum absolute atomic E-state index is 13.3. The zero-order valence-corrected chi connectivity index (χ0v) is 13.5. The number of hydrogen-bond acceptors (Lipinski definition) is 1. The highest BCUT2D eigenvalue weighted by Gasteiger charge is 2.73. The summed E-state index contributed by atoms with van der Waals surface area (Å²) in [6.07, 6.45) is -2.69. The van der Waals surface area contributed by atoms with E-state index in [2.05, 4.69) is 0 Å². The number of rotatable bonds is 11. The highest BCUT2D eigenvalue weighted by Crippen LogP contribution is 2.49. The fourth-order valence-corrected chi connectivity index (χ4v) is 2.35. The van der Waals surface area contributed by atoms with Crippen LogP contribution in [0.5, 0.6) is 0 Å². The number of hydrogen-bond donors (Lipinski definition) is 1. The summed E-state index contributed by atoms with van der Waals surface area (Å²) in [5.74, 6) is -11.5. The van der Waals surface area contributed by atoms with E-state index in [1.54, 1.807) is 0 Å². The molecule has 0 aliphatic rings. The minimum atomic E-state index is -6.36. The first kappa shape index (κ1) is 22.5. The molecule has 0 aromatic rings. The minimum Gasteiger partial charge on any atom is -0.390 e. The van der Waals surface area contributed by atoms with Crippen molar-refractivity contribution in [1.82, 2.24) is 0 Å². The maximum atomic E-state index is 13.3. The zero-order chi connectivity index (χ0) is 18.4. The molecule has 0 saturated carbocycles. The zero-order valence-electron chi connectivity index (χ0n) is 13.5. The molecule has 0 amide bonds. The molecule has 1 unspecified atom stereocenters. The summed E-state index contributed by atoms with van der Waals surface area (Å²) in [5.41, 5.74) is -2.28. The molecule has 1 atom stereocenters. The Hall–Kier alpha value is -0.530. The third kappa shape index (κ3) is 7.27. The molecule has 23 heavy (non-hydrogen) atoms. The second kappa shape index (κ2) is 8.53. The van der Waals surface area contributed by atoms with E-state index in [4.69, 9.17) is 0 Å². The summed E-state index contributed by atoms with van der Waals surface area (Å²) in [5, 5.41) is 9.74. The normalized spacial score (nSPS) is 16.4. The van der Waals surface area contributed by atoms with Gasteiger partial charge in [-0.05, 0) is 13.3 Å². The summed E-state index contributed by atoms with van der Waals surface area (Å²) in [7, 11) is 0. The van der Waals surface area contributed by atoms with Crippen molar-refractivity contribution in [3.63, 3.8) is 0 Å². The first-order valence-corrected chi connectivity index (χ1v) is 7.81. The van der Waals surface area contributed by atoms with Crippen molar-refractivity contribution < 1.29 is 35.8 Å². The molecule has 0 aliphatic carbocycles. The minimum absolute atomic E-state index is 0.246. The first-order valence-electron chi connectivity index (χ1n) is 7.81. The Balaban J connectivity index is 4.39. The Morgan fingerprint density at radius 1 is 0.739 bits per heavy atom. The van der Waals surface area contributed by atoms with Gasteiger partial charge in [-0.3, -0.25) is 0 Å². The predicted octanol–water partition coefficient (Wildman–Crippen LogP) is 6.10. The van der Waals surface area contributed by atoms with E-state index in [0.29, 0.717) is 12.8 Å². The highest BCUT2D eigenvalue weighted by molar-refractivity contribution is 4.95. The molecule has 0 spiro atoms. The van der Waals surface area contributed by atoms with Crippen molar-refractivity contribution in [2.75, 3.05) is 0 Å². The Labute approximate surface area is 132 Å². The van der Waals surface area contributed by atoms with E-state index >= 15 is 0 Å². The molecule has 0 aromatic carbocycles. The molecular weight excluding hydrogens is 329 g/mol. The van der Waals surface area contributed by atoms with Gasteiger partial charge in [-0.15, -0.1) is 0 Å². The molecule has 1 nitrogen and oxygen atoms in total. The van der Waals surface area contributed by atoms with E-state index in [1.165, 1.54) is 0 Å². The summed E-state index contributed by atoms with van der Waals surface area (Å²) in [6, 6.07) is 0. The van der Waals surface area contributed by atoms with Crippen molar-refractivity contribution in [2.45, 2.75) is 95.3 Å². The van der Waals surface area contributed by atoms with E-state index in [0.717, 1.165) is 39.0 Å². The van der Waals surface area contributed by atoms with Crippen LogP contribution >= 0.6 is 0 Å². The number of halogens is 7. The van der Waals surface area contributed by atoms with Crippen LogP contribution in [0.15, 0.2) is 0 Å². The lowest BCUT2D eigenvalue weighted by molar-refractivity contribution is -0.361. The molecule has 0 heterocycles. The molecule has 0 saturated heterocycles. The molecule has 0 fully saturated rings. The van der Waals surface area contributed by atoms with Crippen LogP contribution in [0.4, 0.5) is 30.7 Å². The third-order valence-corrected chi connectivity index (χ3v) is 3.74. The van der Waals surface area contributed by atoms with E-state index in [1.807, 2.05) is 6.92 Å². The summed E-state index contributed by atoms with van der Waals surface area (Å²) in [6.45, 7) is 2.92. The third-order valence-electron chi connectivity index (χ3n) is 3.74. The topological polar surface area (TPSA) is 20.2 Å². The Bertz CT molecular complexity index is 337. The molecule has 0 aliphatic heterocycles. The van der Waals surface area contributed by atoms with Crippen LogP contribution in [0.3, 0.4) is 0 Å². The van der Waals surface area contributed by atoms with Crippen LogP contribution < -0.4 is 0 Å².